The molecule has 2 rings (SSSR count). The molecule has 1 aliphatic carbocycles. The molecule has 1 aliphatic rings. The first-order chi connectivity index (χ1) is 10.8. The SMILES string of the molecule is Cc1c(C)c(C)c(C(C)(C)C2=[C]([Ti+3])C([Si](C)(C)C)=CC2)c(C)c1C.[Cl-].[Cl-].[Cl-]. The second-order valence-electron chi connectivity index (χ2n) is 9.05. The Morgan fingerprint density at radius 1 is 0.778 bits per heavy atom. The third-order valence-corrected chi connectivity index (χ3v) is 9.62. The molecule has 0 aliphatic heterocycles. The molecule has 0 heterocycles. The minimum atomic E-state index is -1.26. The normalized spacial score (nSPS) is 14.3. The predicted molar refractivity (Wildman–Crippen MR) is 106 cm³/mol. The summed E-state index contributed by atoms with van der Waals surface area (Å²) in [5.41, 5.74) is 10.7. The molecule has 0 bridgehead atoms. The molecule has 1 aromatic carbocycles. The summed E-state index contributed by atoms with van der Waals surface area (Å²) in [6.07, 6.45) is 3.65. The van der Waals surface area contributed by atoms with Crippen molar-refractivity contribution < 1.29 is 57.7 Å². The van der Waals surface area contributed by atoms with Gasteiger partial charge in [-0.3, -0.25) is 0 Å². The van der Waals surface area contributed by atoms with Gasteiger partial charge in [-0.15, -0.1) is 0 Å². The van der Waals surface area contributed by atoms with Crippen LogP contribution in [0.3, 0.4) is 0 Å². The van der Waals surface area contributed by atoms with Crippen molar-refractivity contribution in [1.82, 2.24) is 0 Å². The van der Waals surface area contributed by atoms with Crippen LogP contribution < -0.4 is 37.2 Å². The van der Waals surface area contributed by atoms with Crippen molar-refractivity contribution in [3.05, 3.63) is 54.1 Å². The van der Waals surface area contributed by atoms with Gasteiger partial charge in [-0.2, -0.15) is 0 Å². The fourth-order valence-corrected chi connectivity index (χ4v) is 8.59. The quantitative estimate of drug-likeness (QED) is 0.422. The molecule has 0 nitrogen and oxygen atoms in total. The average Bonchev–Trinajstić information content (AvgIpc) is 2.85. The van der Waals surface area contributed by atoms with Gasteiger partial charge in [-0.1, -0.05) is 0 Å². The van der Waals surface area contributed by atoms with E-state index in [0.717, 1.165) is 6.42 Å². The van der Waals surface area contributed by atoms with Crippen LogP contribution in [0.1, 0.15) is 53.6 Å². The van der Waals surface area contributed by atoms with E-state index in [2.05, 4.69) is 94.6 Å². The smallest absolute Gasteiger partial charge is 1.00 e. The van der Waals surface area contributed by atoms with E-state index in [4.69, 9.17) is 0 Å². The van der Waals surface area contributed by atoms with Crippen molar-refractivity contribution in [2.75, 3.05) is 0 Å². The van der Waals surface area contributed by atoms with Crippen molar-refractivity contribution in [3.63, 3.8) is 0 Å². The fourth-order valence-electron chi connectivity index (χ4n) is 4.41. The topological polar surface area (TPSA) is 0 Å². The molecule has 0 spiro atoms. The van der Waals surface area contributed by atoms with Crippen molar-refractivity contribution in [2.24, 2.45) is 0 Å². The molecule has 150 valence electrons. The molecule has 0 radical (unpaired) electrons. The first kappa shape index (κ1) is 29.7. The molecule has 0 saturated carbocycles. The number of benzene rings is 1. The molecule has 0 N–H and O–H groups in total. The van der Waals surface area contributed by atoms with Gasteiger partial charge in [0.1, 0.15) is 0 Å². The first-order valence-electron chi connectivity index (χ1n) is 9.05. The predicted octanol–water partition coefficient (Wildman–Crippen LogP) is -2.47. The summed E-state index contributed by atoms with van der Waals surface area (Å²) < 4.78 is 1.58. The Morgan fingerprint density at radius 2 is 1.15 bits per heavy atom. The van der Waals surface area contributed by atoms with Crippen LogP contribution in [-0.2, 0) is 25.9 Å². The third-order valence-electron chi connectivity index (χ3n) is 6.27. The van der Waals surface area contributed by atoms with E-state index in [0.29, 0.717) is 0 Å². The summed E-state index contributed by atoms with van der Waals surface area (Å²) in [5.74, 6) is 0. The van der Waals surface area contributed by atoms with E-state index in [1.165, 1.54) is 27.8 Å². The number of hydrogen-bond acceptors (Lipinski definition) is 0. The Morgan fingerprint density at radius 3 is 1.48 bits per heavy atom. The molecule has 0 aromatic heterocycles. The van der Waals surface area contributed by atoms with Crippen molar-refractivity contribution in [2.45, 2.75) is 79.9 Å². The van der Waals surface area contributed by atoms with Crippen LogP contribution in [-0.4, -0.2) is 8.07 Å². The Labute approximate surface area is 198 Å². The van der Waals surface area contributed by atoms with Crippen molar-refractivity contribution >= 4 is 8.07 Å². The van der Waals surface area contributed by atoms with E-state index in [9.17, 15) is 0 Å². The van der Waals surface area contributed by atoms with Crippen LogP contribution in [0.15, 0.2) is 20.7 Å². The summed E-state index contributed by atoms with van der Waals surface area (Å²) in [6.45, 7) is 23.8. The molecule has 0 atom stereocenters. The van der Waals surface area contributed by atoms with Gasteiger partial charge < -0.3 is 37.2 Å². The van der Waals surface area contributed by atoms with E-state index in [1.54, 1.807) is 20.2 Å². The maximum atomic E-state index is 2.53. The molecule has 0 amide bonds. The maximum absolute atomic E-state index is 2.53. The van der Waals surface area contributed by atoms with E-state index in [1.807, 2.05) is 0 Å². The van der Waals surface area contributed by atoms with E-state index in [-0.39, 0.29) is 42.6 Å². The Bertz CT molecular complexity index is 740. The molecule has 5 heteroatoms. The van der Waals surface area contributed by atoms with Gasteiger partial charge in [0.2, 0.25) is 0 Å². The van der Waals surface area contributed by atoms with Crippen LogP contribution >= 0.6 is 0 Å². The van der Waals surface area contributed by atoms with Gasteiger partial charge >= 0.3 is 163 Å². The summed E-state index contributed by atoms with van der Waals surface area (Å²) in [7, 11) is -1.26. The van der Waals surface area contributed by atoms with Gasteiger partial charge in [-0.05, 0) is 0 Å². The van der Waals surface area contributed by atoms with Crippen LogP contribution in [0.2, 0.25) is 19.6 Å². The molecular formula is C22H33Cl3SiTi. The summed E-state index contributed by atoms with van der Waals surface area (Å²) >= 11 is 2.37. The molecule has 0 saturated heterocycles. The van der Waals surface area contributed by atoms with Gasteiger partial charge in [0.25, 0.3) is 0 Å². The van der Waals surface area contributed by atoms with Crippen LogP contribution in [0.5, 0.6) is 0 Å². The molecule has 27 heavy (non-hydrogen) atoms. The maximum Gasteiger partial charge on any atom is -1.00 e. The van der Waals surface area contributed by atoms with Gasteiger partial charge in [0.05, 0.1) is 0 Å². The summed E-state index contributed by atoms with van der Waals surface area (Å²) in [6, 6.07) is 0. The van der Waals surface area contributed by atoms with Crippen molar-refractivity contribution in [3.8, 4) is 0 Å². The first-order valence-corrected chi connectivity index (χ1v) is 13.3. The molecule has 1 aromatic rings. The van der Waals surface area contributed by atoms with Crippen molar-refractivity contribution in [1.29, 1.82) is 0 Å². The summed E-state index contributed by atoms with van der Waals surface area (Å²) in [4.78, 5) is 0. The Hall–Kier alpha value is 0.501. The largest absolute Gasteiger partial charge is 1.00 e. The number of halogens is 3. The van der Waals surface area contributed by atoms with E-state index >= 15 is 0 Å². The zero-order valence-electron chi connectivity index (χ0n) is 18.4. The fraction of sp³-hybridized carbons (Fsp3) is 0.545. The summed E-state index contributed by atoms with van der Waals surface area (Å²) in [5, 5.41) is 1.67. The second-order valence-corrected chi connectivity index (χ2v) is 14.9. The Kier molecular flexibility index (Phi) is 11.0. The molecule has 0 unspecified atom stereocenters. The average molecular weight is 480 g/mol. The monoisotopic (exact) mass is 478 g/mol. The molecule has 0 fully saturated rings. The van der Waals surface area contributed by atoms with Crippen LogP contribution in [0.4, 0.5) is 0 Å². The van der Waals surface area contributed by atoms with Gasteiger partial charge in [-0.25, -0.2) is 0 Å². The minimum Gasteiger partial charge on any atom is -1.00 e. The zero-order valence-corrected chi connectivity index (χ0v) is 23.2. The van der Waals surface area contributed by atoms with Crippen LogP contribution in [0.25, 0.3) is 0 Å². The number of rotatable bonds is 3. The number of allylic oxidation sites excluding steroid dienone is 4. The third kappa shape index (κ3) is 5.16. The number of hydrogen-bond donors (Lipinski definition) is 0. The van der Waals surface area contributed by atoms with Crippen LogP contribution in [0, 0.1) is 34.6 Å². The minimum absolute atomic E-state index is 0. The van der Waals surface area contributed by atoms with E-state index < -0.39 is 8.07 Å². The molecular weight excluding hydrogens is 447 g/mol. The zero-order chi connectivity index (χ0) is 18.6. The van der Waals surface area contributed by atoms with Gasteiger partial charge in [0.15, 0.2) is 0 Å². The Balaban J connectivity index is 0. The second kappa shape index (κ2) is 10.0. The van der Waals surface area contributed by atoms with Gasteiger partial charge in [0, 0.05) is 0 Å². The standard InChI is InChI=1S/C22H33Si.3ClH.Ti/c1-14-15(2)17(4)21(18(5)16(14)3)22(6,7)19-11-12-20(13-19)23(8,9)10;;;;/h12H,11H2,1-10H3;3*1H;/q;;;;+3/p-3.